The van der Waals surface area contributed by atoms with Gasteiger partial charge in [-0.2, -0.15) is 5.26 Å². The predicted octanol–water partition coefficient (Wildman–Crippen LogP) is 2.08. The number of aliphatic hydroxyl groups is 1. The fourth-order valence-electron chi connectivity index (χ4n) is 3.48. The minimum atomic E-state index is -0.643. The first-order valence-electron chi connectivity index (χ1n) is 10.3. The summed E-state index contributed by atoms with van der Waals surface area (Å²) in [6.07, 6.45) is -0.643. The maximum atomic E-state index is 13.3. The molecule has 0 saturated carbocycles. The number of hydrogen-bond acceptors (Lipinski definition) is 6. The molecule has 164 valence electrons. The summed E-state index contributed by atoms with van der Waals surface area (Å²) in [5.41, 5.74) is 1.01. The Morgan fingerprint density at radius 3 is 2.58 bits per heavy atom. The second-order valence-electron chi connectivity index (χ2n) is 7.61. The van der Waals surface area contributed by atoms with Crippen molar-refractivity contribution in [1.29, 1.82) is 5.26 Å². The highest BCUT2D eigenvalue weighted by Gasteiger charge is 2.26. The van der Waals surface area contributed by atoms with E-state index in [0.29, 0.717) is 36.6 Å². The molecule has 0 aliphatic carbocycles. The van der Waals surface area contributed by atoms with Gasteiger partial charge in [-0.3, -0.25) is 14.6 Å². The zero-order valence-corrected chi connectivity index (χ0v) is 17.5. The second kappa shape index (κ2) is 10.9. The molecular weight excluding hydrogens is 399 g/mol. The first-order chi connectivity index (χ1) is 14.9. The van der Waals surface area contributed by atoms with E-state index in [2.05, 4.69) is 21.2 Å². The number of β-amino-alcohol motifs (C(OH)–C–C–N with tert-alkyl or cyclic N) is 1. The number of amides is 1. The Balaban J connectivity index is 1.39. The highest BCUT2D eigenvalue weighted by Crippen LogP contribution is 2.14. The topological polar surface area (TPSA) is 88.8 Å². The highest BCUT2D eigenvalue weighted by atomic mass is 19.1. The predicted molar refractivity (Wildman–Crippen MR) is 115 cm³/mol. The van der Waals surface area contributed by atoms with Crippen LogP contribution in [0.4, 0.5) is 10.1 Å². The molecule has 1 fully saturated rings. The van der Waals surface area contributed by atoms with Gasteiger partial charge in [0.05, 0.1) is 17.7 Å². The average Bonchev–Trinajstić information content (AvgIpc) is 2.78. The Bertz CT molecular complexity index is 908. The van der Waals surface area contributed by atoms with Crippen LogP contribution in [0.3, 0.4) is 0 Å². The lowest BCUT2D eigenvalue weighted by Crippen LogP contribution is -2.54. The fourth-order valence-corrected chi connectivity index (χ4v) is 3.48. The molecule has 8 heteroatoms. The standard InChI is InChI=1S/C23H27FN4O3/c1-17(23(30)26-20-4-2-3-19(24)13-20)28-11-9-27(10-12-28)15-21(29)16-31-22-7-5-18(14-25)6-8-22/h2-8,13,17,21,29H,9-12,15-16H2,1H3,(H,26,30). The zero-order chi connectivity index (χ0) is 22.2. The fraction of sp³-hybridized carbons (Fsp3) is 0.391. The summed E-state index contributed by atoms with van der Waals surface area (Å²) in [5.74, 6) is 0.0525. The van der Waals surface area contributed by atoms with E-state index in [0.717, 1.165) is 13.1 Å². The smallest absolute Gasteiger partial charge is 0.241 e. The summed E-state index contributed by atoms with van der Waals surface area (Å²) in [6, 6.07) is 14.3. The van der Waals surface area contributed by atoms with Crippen molar-refractivity contribution in [3.63, 3.8) is 0 Å². The Morgan fingerprint density at radius 1 is 1.23 bits per heavy atom. The van der Waals surface area contributed by atoms with Gasteiger partial charge in [0.1, 0.15) is 24.3 Å². The first-order valence-corrected chi connectivity index (χ1v) is 10.3. The van der Waals surface area contributed by atoms with Crippen LogP contribution in [0.25, 0.3) is 0 Å². The maximum absolute atomic E-state index is 13.3. The Hall–Kier alpha value is -2.99. The minimum Gasteiger partial charge on any atom is -0.491 e. The van der Waals surface area contributed by atoms with Crippen molar-refractivity contribution in [2.45, 2.75) is 19.1 Å². The molecule has 1 aliphatic rings. The van der Waals surface area contributed by atoms with Crippen LogP contribution < -0.4 is 10.1 Å². The third-order valence-electron chi connectivity index (χ3n) is 5.32. The van der Waals surface area contributed by atoms with E-state index >= 15 is 0 Å². The van der Waals surface area contributed by atoms with Crippen molar-refractivity contribution in [3.05, 3.63) is 59.9 Å². The van der Waals surface area contributed by atoms with Crippen LogP contribution in [-0.4, -0.2) is 72.3 Å². The Morgan fingerprint density at radius 2 is 1.94 bits per heavy atom. The van der Waals surface area contributed by atoms with Crippen molar-refractivity contribution < 1.29 is 19.0 Å². The molecule has 0 spiro atoms. The molecule has 0 radical (unpaired) electrons. The van der Waals surface area contributed by atoms with Crippen molar-refractivity contribution in [2.75, 3.05) is 44.6 Å². The number of nitriles is 1. The van der Waals surface area contributed by atoms with Crippen molar-refractivity contribution in [2.24, 2.45) is 0 Å². The average molecular weight is 426 g/mol. The van der Waals surface area contributed by atoms with Gasteiger partial charge in [0.25, 0.3) is 0 Å². The van der Waals surface area contributed by atoms with E-state index in [-0.39, 0.29) is 24.4 Å². The van der Waals surface area contributed by atoms with E-state index in [1.807, 2.05) is 6.92 Å². The molecule has 2 unspecified atom stereocenters. The van der Waals surface area contributed by atoms with Gasteiger partial charge in [0, 0.05) is 38.4 Å². The second-order valence-corrected chi connectivity index (χ2v) is 7.61. The van der Waals surface area contributed by atoms with E-state index in [1.54, 1.807) is 36.4 Å². The number of aliphatic hydroxyl groups excluding tert-OH is 1. The highest BCUT2D eigenvalue weighted by molar-refractivity contribution is 5.94. The molecule has 3 rings (SSSR count). The molecule has 2 atom stereocenters. The van der Waals surface area contributed by atoms with Gasteiger partial charge in [0.15, 0.2) is 0 Å². The van der Waals surface area contributed by atoms with Crippen molar-refractivity contribution in [1.82, 2.24) is 9.80 Å². The quantitative estimate of drug-likeness (QED) is 0.672. The number of carbonyl (C=O) groups is 1. The maximum Gasteiger partial charge on any atom is 0.241 e. The summed E-state index contributed by atoms with van der Waals surface area (Å²) >= 11 is 0. The van der Waals surface area contributed by atoms with E-state index < -0.39 is 6.10 Å². The number of carbonyl (C=O) groups excluding carboxylic acids is 1. The Kier molecular flexibility index (Phi) is 7.95. The van der Waals surface area contributed by atoms with E-state index in [9.17, 15) is 14.3 Å². The zero-order valence-electron chi connectivity index (χ0n) is 17.5. The molecule has 1 heterocycles. The molecular formula is C23H27FN4O3. The van der Waals surface area contributed by atoms with Crippen LogP contribution in [0.5, 0.6) is 5.75 Å². The molecule has 2 aromatic carbocycles. The van der Waals surface area contributed by atoms with Crippen molar-refractivity contribution >= 4 is 11.6 Å². The van der Waals surface area contributed by atoms with Crippen LogP contribution in [0, 0.1) is 17.1 Å². The number of anilines is 1. The lowest BCUT2D eigenvalue weighted by Gasteiger charge is -2.38. The van der Waals surface area contributed by atoms with Gasteiger partial charge in [-0.15, -0.1) is 0 Å². The summed E-state index contributed by atoms with van der Waals surface area (Å²) in [4.78, 5) is 16.7. The first kappa shape index (κ1) is 22.7. The van der Waals surface area contributed by atoms with Gasteiger partial charge in [-0.05, 0) is 49.4 Å². The summed E-state index contributed by atoms with van der Waals surface area (Å²) in [5, 5.41) is 21.9. The van der Waals surface area contributed by atoms with Crippen LogP contribution in [0.15, 0.2) is 48.5 Å². The summed E-state index contributed by atoms with van der Waals surface area (Å²) in [6.45, 7) is 5.33. The number of hydrogen-bond donors (Lipinski definition) is 2. The number of ether oxygens (including phenoxy) is 1. The third-order valence-corrected chi connectivity index (χ3v) is 5.32. The van der Waals surface area contributed by atoms with E-state index in [4.69, 9.17) is 10.00 Å². The summed E-state index contributed by atoms with van der Waals surface area (Å²) < 4.78 is 18.9. The molecule has 1 saturated heterocycles. The van der Waals surface area contributed by atoms with Crippen LogP contribution in [-0.2, 0) is 4.79 Å². The molecule has 31 heavy (non-hydrogen) atoms. The molecule has 2 N–H and O–H groups in total. The number of benzene rings is 2. The largest absolute Gasteiger partial charge is 0.491 e. The number of rotatable bonds is 8. The van der Waals surface area contributed by atoms with Gasteiger partial charge in [-0.25, -0.2) is 4.39 Å². The van der Waals surface area contributed by atoms with Crippen LogP contribution in [0.1, 0.15) is 12.5 Å². The third kappa shape index (κ3) is 6.76. The number of nitrogens with one attached hydrogen (secondary N) is 1. The SMILES string of the molecule is CC(C(=O)Nc1cccc(F)c1)N1CCN(CC(O)COc2ccc(C#N)cc2)CC1. The van der Waals surface area contributed by atoms with Crippen molar-refractivity contribution in [3.8, 4) is 11.8 Å². The molecule has 0 bridgehead atoms. The van der Waals surface area contributed by atoms with Gasteiger partial charge in [0.2, 0.25) is 5.91 Å². The number of piperazine rings is 1. The molecule has 1 aliphatic heterocycles. The monoisotopic (exact) mass is 426 g/mol. The Labute approximate surface area is 181 Å². The molecule has 7 nitrogen and oxygen atoms in total. The molecule has 0 aromatic heterocycles. The lowest BCUT2D eigenvalue weighted by atomic mass is 10.2. The molecule has 1 amide bonds. The normalized spacial score (nSPS) is 16.8. The summed E-state index contributed by atoms with van der Waals surface area (Å²) in [7, 11) is 0. The van der Waals surface area contributed by atoms with E-state index in [1.165, 1.54) is 12.1 Å². The van der Waals surface area contributed by atoms with Gasteiger partial charge in [-0.1, -0.05) is 6.07 Å². The lowest BCUT2D eigenvalue weighted by molar-refractivity contribution is -0.121. The van der Waals surface area contributed by atoms with Crippen LogP contribution in [0.2, 0.25) is 0 Å². The van der Waals surface area contributed by atoms with Gasteiger partial charge < -0.3 is 15.2 Å². The number of halogens is 1. The molecule has 2 aromatic rings. The van der Waals surface area contributed by atoms with Gasteiger partial charge >= 0.3 is 0 Å². The van der Waals surface area contributed by atoms with Crippen LogP contribution >= 0.6 is 0 Å². The minimum absolute atomic E-state index is 0.165. The number of nitrogens with zero attached hydrogens (tertiary/aromatic N) is 3.